The molecule has 3 rings (SSSR count). The molecule has 0 aliphatic rings. The van der Waals surface area contributed by atoms with Gasteiger partial charge in [0.15, 0.2) is 7.14 Å². The summed E-state index contributed by atoms with van der Waals surface area (Å²) in [5, 5.41) is 2.72. The van der Waals surface area contributed by atoms with Crippen molar-refractivity contribution in [1.29, 1.82) is 0 Å². The van der Waals surface area contributed by atoms with Crippen LogP contribution in [0.2, 0.25) is 0 Å². The summed E-state index contributed by atoms with van der Waals surface area (Å²) in [4.78, 5) is 0. The minimum absolute atomic E-state index is 0.0437. The van der Waals surface area contributed by atoms with Gasteiger partial charge in [0.25, 0.3) is 0 Å². The van der Waals surface area contributed by atoms with Gasteiger partial charge < -0.3 is 4.57 Å². The molecule has 0 saturated carbocycles. The zero-order valence-electron chi connectivity index (χ0n) is 17.9. The molecule has 0 aliphatic carbocycles. The molecular formula is C26H31OP. The molecule has 0 unspecified atom stereocenters. The first-order chi connectivity index (χ1) is 13.0. The van der Waals surface area contributed by atoms with Gasteiger partial charge in [-0.05, 0) is 22.0 Å². The minimum atomic E-state index is -2.98. The van der Waals surface area contributed by atoms with E-state index in [0.717, 1.165) is 21.5 Å². The van der Waals surface area contributed by atoms with Gasteiger partial charge >= 0.3 is 0 Å². The van der Waals surface area contributed by atoms with Crippen LogP contribution in [0.15, 0.2) is 78.9 Å². The van der Waals surface area contributed by atoms with E-state index in [2.05, 4.69) is 59.7 Å². The van der Waals surface area contributed by atoms with Crippen molar-refractivity contribution < 1.29 is 4.57 Å². The van der Waals surface area contributed by atoms with Crippen LogP contribution in [-0.2, 0) is 15.4 Å². The standard InChI is InChI=1S/C26H31OP/c1-25(2,3)20-17-18-24(23(19-20)26(4,5)6)28(27,21-13-9-7-10-14-21)22-15-11-8-12-16-22/h7-19H,1-6H3. The molecule has 0 aromatic heterocycles. The maximum absolute atomic E-state index is 14.8. The van der Waals surface area contributed by atoms with Crippen LogP contribution in [0.25, 0.3) is 0 Å². The van der Waals surface area contributed by atoms with E-state index < -0.39 is 7.14 Å². The molecule has 0 radical (unpaired) electrons. The highest BCUT2D eigenvalue weighted by atomic mass is 31.2. The van der Waals surface area contributed by atoms with Crippen LogP contribution in [0.4, 0.5) is 0 Å². The first-order valence-electron chi connectivity index (χ1n) is 9.91. The van der Waals surface area contributed by atoms with Crippen LogP contribution in [-0.4, -0.2) is 0 Å². The monoisotopic (exact) mass is 390 g/mol. The van der Waals surface area contributed by atoms with Gasteiger partial charge in [0.05, 0.1) is 0 Å². The van der Waals surface area contributed by atoms with Crippen molar-refractivity contribution in [3.63, 3.8) is 0 Å². The number of rotatable bonds is 3. The Morgan fingerprint density at radius 1 is 0.607 bits per heavy atom. The van der Waals surface area contributed by atoms with Gasteiger partial charge in [-0.3, -0.25) is 0 Å². The highest BCUT2D eigenvalue weighted by molar-refractivity contribution is 7.85. The maximum atomic E-state index is 14.8. The molecule has 0 amide bonds. The SMILES string of the molecule is CC(C)(C)c1ccc(P(=O)(c2ccccc2)c2ccccc2)c(C(C)(C)C)c1. The van der Waals surface area contributed by atoms with Crippen molar-refractivity contribution in [2.45, 2.75) is 52.4 Å². The molecule has 0 aliphatic heterocycles. The summed E-state index contributed by atoms with van der Waals surface area (Å²) < 4.78 is 14.8. The van der Waals surface area contributed by atoms with Gasteiger partial charge in [0.1, 0.15) is 0 Å². The molecule has 0 bridgehead atoms. The fraction of sp³-hybridized carbons (Fsp3) is 0.308. The van der Waals surface area contributed by atoms with Crippen LogP contribution < -0.4 is 15.9 Å². The lowest BCUT2D eigenvalue weighted by molar-refractivity contribution is 0.568. The molecule has 0 spiro atoms. The molecule has 2 heteroatoms. The van der Waals surface area contributed by atoms with Gasteiger partial charge in [0, 0.05) is 15.9 Å². The summed E-state index contributed by atoms with van der Waals surface area (Å²) in [5.41, 5.74) is 2.36. The van der Waals surface area contributed by atoms with Crippen molar-refractivity contribution in [3.05, 3.63) is 90.0 Å². The van der Waals surface area contributed by atoms with E-state index in [9.17, 15) is 4.57 Å². The van der Waals surface area contributed by atoms with E-state index >= 15 is 0 Å². The Hall–Kier alpha value is -2.11. The lowest BCUT2D eigenvalue weighted by Crippen LogP contribution is -2.32. The van der Waals surface area contributed by atoms with Crippen molar-refractivity contribution in [2.75, 3.05) is 0 Å². The second-order valence-electron chi connectivity index (χ2n) is 9.51. The maximum Gasteiger partial charge on any atom is 0.171 e. The van der Waals surface area contributed by atoms with E-state index in [4.69, 9.17) is 0 Å². The summed E-state index contributed by atoms with van der Waals surface area (Å²) >= 11 is 0. The molecule has 0 saturated heterocycles. The third-order valence-electron chi connectivity index (χ3n) is 5.25. The predicted molar refractivity (Wildman–Crippen MR) is 123 cm³/mol. The highest BCUT2D eigenvalue weighted by Crippen LogP contribution is 2.45. The molecule has 0 fully saturated rings. The fourth-order valence-electron chi connectivity index (χ4n) is 3.58. The summed E-state index contributed by atoms with van der Waals surface area (Å²) in [6.45, 7) is 13.3. The molecule has 28 heavy (non-hydrogen) atoms. The van der Waals surface area contributed by atoms with Crippen LogP contribution in [0.5, 0.6) is 0 Å². The molecule has 0 atom stereocenters. The molecule has 0 N–H and O–H groups in total. The normalized spacial score (nSPS) is 12.8. The number of hydrogen-bond acceptors (Lipinski definition) is 1. The Labute approximate surface area is 170 Å². The topological polar surface area (TPSA) is 17.1 Å². The largest absolute Gasteiger partial charge is 0.309 e. The summed E-state index contributed by atoms with van der Waals surface area (Å²) in [7, 11) is -2.98. The number of benzene rings is 3. The van der Waals surface area contributed by atoms with Gasteiger partial charge in [-0.2, -0.15) is 0 Å². The van der Waals surface area contributed by atoms with Crippen LogP contribution in [0.1, 0.15) is 52.7 Å². The Morgan fingerprint density at radius 2 is 1.07 bits per heavy atom. The van der Waals surface area contributed by atoms with Crippen molar-refractivity contribution in [1.82, 2.24) is 0 Å². The van der Waals surface area contributed by atoms with Crippen LogP contribution >= 0.6 is 7.14 Å². The number of hydrogen-bond donors (Lipinski definition) is 0. The third-order valence-corrected chi connectivity index (χ3v) is 8.37. The van der Waals surface area contributed by atoms with E-state index in [0.29, 0.717) is 0 Å². The van der Waals surface area contributed by atoms with Gasteiger partial charge in [0.2, 0.25) is 0 Å². The molecule has 146 valence electrons. The molecule has 3 aromatic rings. The average Bonchev–Trinajstić information content (AvgIpc) is 2.67. The van der Waals surface area contributed by atoms with Gasteiger partial charge in [-0.25, -0.2) is 0 Å². The van der Waals surface area contributed by atoms with E-state index in [1.165, 1.54) is 5.56 Å². The first kappa shape index (κ1) is 20.6. The molecule has 1 nitrogen and oxygen atoms in total. The minimum Gasteiger partial charge on any atom is -0.309 e. The van der Waals surface area contributed by atoms with Crippen molar-refractivity contribution in [3.8, 4) is 0 Å². The first-order valence-corrected chi connectivity index (χ1v) is 11.6. The predicted octanol–water partition coefficient (Wildman–Crippen LogP) is 5.92. The smallest absolute Gasteiger partial charge is 0.171 e. The van der Waals surface area contributed by atoms with Crippen LogP contribution in [0.3, 0.4) is 0 Å². The highest BCUT2D eigenvalue weighted by Gasteiger charge is 2.35. The molecule has 0 heterocycles. The Bertz CT molecular complexity index is 947. The van der Waals surface area contributed by atoms with Gasteiger partial charge in [-0.1, -0.05) is 120 Å². The second-order valence-corrected chi connectivity index (χ2v) is 12.2. The molecular weight excluding hydrogens is 359 g/mol. The average molecular weight is 391 g/mol. The van der Waals surface area contributed by atoms with Crippen molar-refractivity contribution in [2.24, 2.45) is 0 Å². The Kier molecular flexibility index (Phi) is 5.43. The van der Waals surface area contributed by atoms with E-state index in [-0.39, 0.29) is 10.8 Å². The summed E-state index contributed by atoms with van der Waals surface area (Å²) in [5.74, 6) is 0. The van der Waals surface area contributed by atoms with Crippen molar-refractivity contribution >= 4 is 23.1 Å². The lowest BCUT2D eigenvalue weighted by atomic mass is 9.81. The quantitative estimate of drug-likeness (QED) is 0.507. The zero-order valence-corrected chi connectivity index (χ0v) is 18.8. The van der Waals surface area contributed by atoms with E-state index in [1.807, 2.05) is 60.7 Å². The van der Waals surface area contributed by atoms with E-state index in [1.54, 1.807) is 0 Å². The second kappa shape index (κ2) is 7.37. The summed E-state index contributed by atoms with van der Waals surface area (Å²) in [6.07, 6.45) is 0. The summed E-state index contributed by atoms with van der Waals surface area (Å²) in [6, 6.07) is 26.4. The fourth-order valence-corrected chi connectivity index (χ4v) is 6.64. The zero-order chi connectivity index (χ0) is 20.6. The van der Waals surface area contributed by atoms with Gasteiger partial charge in [-0.15, -0.1) is 0 Å². The van der Waals surface area contributed by atoms with Crippen LogP contribution in [0, 0.1) is 0 Å². The third kappa shape index (κ3) is 3.87. The Balaban J connectivity index is 2.38. The lowest BCUT2D eigenvalue weighted by Gasteiger charge is -2.31. The molecule has 3 aromatic carbocycles. The Morgan fingerprint density at radius 3 is 1.46 bits per heavy atom.